The van der Waals surface area contributed by atoms with E-state index in [2.05, 4.69) is 10.1 Å². The Morgan fingerprint density at radius 2 is 2.38 bits per heavy atom. The van der Waals surface area contributed by atoms with Crippen molar-refractivity contribution in [3.8, 4) is 0 Å². The van der Waals surface area contributed by atoms with Crippen molar-refractivity contribution in [2.75, 3.05) is 20.1 Å². The van der Waals surface area contributed by atoms with E-state index in [-0.39, 0.29) is 0 Å². The van der Waals surface area contributed by atoms with Gasteiger partial charge >= 0.3 is 0 Å². The van der Waals surface area contributed by atoms with Crippen LogP contribution in [0.1, 0.15) is 17.9 Å². The van der Waals surface area contributed by atoms with Crippen LogP contribution in [0.5, 0.6) is 0 Å². The molecule has 0 saturated carbocycles. The van der Waals surface area contributed by atoms with Gasteiger partial charge in [0, 0.05) is 6.07 Å². The molecule has 74 valence electrons. The van der Waals surface area contributed by atoms with Gasteiger partial charge in [0.1, 0.15) is 0 Å². The Hall–Kier alpha value is -0.870. The molecule has 1 heterocycles. The largest absolute Gasteiger partial charge is 0.360 e. The zero-order valence-corrected chi connectivity index (χ0v) is 8.29. The molecule has 0 aliphatic carbocycles. The lowest BCUT2D eigenvalue weighted by Gasteiger charge is -2.13. The first-order chi connectivity index (χ1) is 6.22. The summed E-state index contributed by atoms with van der Waals surface area (Å²) < 4.78 is 5.09. The summed E-state index contributed by atoms with van der Waals surface area (Å²) in [5.74, 6) is 0.914. The van der Waals surface area contributed by atoms with Crippen molar-refractivity contribution < 1.29 is 4.52 Å². The summed E-state index contributed by atoms with van der Waals surface area (Å²) in [7, 11) is 2.05. The molecule has 2 N–H and O–H groups in total. The Morgan fingerprint density at radius 1 is 1.62 bits per heavy atom. The monoisotopic (exact) mass is 183 g/mol. The zero-order valence-electron chi connectivity index (χ0n) is 8.29. The van der Waals surface area contributed by atoms with Crippen LogP contribution in [0.15, 0.2) is 10.6 Å². The van der Waals surface area contributed by atoms with Crippen molar-refractivity contribution in [3.05, 3.63) is 17.5 Å². The maximum absolute atomic E-state index is 5.41. The molecule has 0 saturated heterocycles. The molecule has 1 rings (SSSR count). The fourth-order valence-corrected chi connectivity index (χ4v) is 1.20. The number of nitrogens with two attached hydrogens (primary N) is 1. The Balaban J connectivity index is 2.31. The van der Waals surface area contributed by atoms with E-state index in [9.17, 15) is 0 Å². The molecule has 0 fully saturated rings. The first-order valence-electron chi connectivity index (χ1n) is 4.53. The van der Waals surface area contributed by atoms with Gasteiger partial charge in [-0.3, -0.25) is 4.90 Å². The number of hydrogen-bond acceptors (Lipinski definition) is 4. The quantitative estimate of drug-likeness (QED) is 0.732. The van der Waals surface area contributed by atoms with Gasteiger partial charge in [0.25, 0.3) is 0 Å². The predicted octanol–water partition coefficient (Wildman–Crippen LogP) is 0.764. The first-order valence-corrected chi connectivity index (χ1v) is 4.53. The molecule has 0 amide bonds. The van der Waals surface area contributed by atoms with Gasteiger partial charge in [-0.05, 0) is 33.5 Å². The molecule has 1 aromatic heterocycles. The lowest BCUT2D eigenvalue weighted by atomic mass is 10.3. The Bertz CT molecular complexity index is 247. The van der Waals surface area contributed by atoms with Crippen LogP contribution in [-0.2, 0) is 6.54 Å². The van der Waals surface area contributed by atoms with Crippen LogP contribution < -0.4 is 5.73 Å². The van der Waals surface area contributed by atoms with E-state index in [0.29, 0.717) is 0 Å². The number of hydrogen-bond donors (Lipinski definition) is 1. The fourth-order valence-electron chi connectivity index (χ4n) is 1.20. The molecular weight excluding hydrogens is 166 g/mol. The molecule has 0 aliphatic heterocycles. The standard InChI is InChI=1S/C9H17N3O/c1-8-6-9(13-11-8)7-12(2)5-3-4-10/h6H,3-5,7,10H2,1-2H3. The molecule has 0 atom stereocenters. The predicted molar refractivity (Wildman–Crippen MR) is 51.2 cm³/mol. The lowest BCUT2D eigenvalue weighted by Crippen LogP contribution is -2.21. The summed E-state index contributed by atoms with van der Waals surface area (Å²) >= 11 is 0. The van der Waals surface area contributed by atoms with Gasteiger partial charge in [-0.2, -0.15) is 0 Å². The minimum atomic E-state index is 0.736. The summed E-state index contributed by atoms with van der Waals surface area (Å²) in [6.45, 7) is 4.46. The molecule has 13 heavy (non-hydrogen) atoms. The molecule has 0 aromatic carbocycles. The van der Waals surface area contributed by atoms with Gasteiger partial charge in [-0.1, -0.05) is 5.16 Å². The molecule has 4 heteroatoms. The molecule has 0 spiro atoms. The Labute approximate surface area is 78.7 Å². The van der Waals surface area contributed by atoms with Gasteiger partial charge < -0.3 is 10.3 Å². The average molecular weight is 183 g/mol. The molecule has 0 bridgehead atoms. The van der Waals surface area contributed by atoms with E-state index in [1.165, 1.54) is 0 Å². The lowest BCUT2D eigenvalue weighted by molar-refractivity contribution is 0.270. The van der Waals surface area contributed by atoms with Crippen LogP contribution in [0.25, 0.3) is 0 Å². The van der Waals surface area contributed by atoms with Gasteiger partial charge in [-0.25, -0.2) is 0 Å². The maximum Gasteiger partial charge on any atom is 0.150 e. The molecule has 4 nitrogen and oxygen atoms in total. The summed E-state index contributed by atoms with van der Waals surface area (Å²) in [6, 6.07) is 1.96. The molecule has 0 radical (unpaired) electrons. The highest BCUT2D eigenvalue weighted by Gasteiger charge is 2.03. The maximum atomic E-state index is 5.41. The second-order valence-corrected chi connectivity index (χ2v) is 3.31. The van der Waals surface area contributed by atoms with E-state index >= 15 is 0 Å². The van der Waals surface area contributed by atoms with Crippen molar-refractivity contribution in [1.82, 2.24) is 10.1 Å². The Morgan fingerprint density at radius 3 is 2.92 bits per heavy atom. The van der Waals surface area contributed by atoms with Gasteiger partial charge in [0.05, 0.1) is 12.2 Å². The van der Waals surface area contributed by atoms with Crippen molar-refractivity contribution >= 4 is 0 Å². The van der Waals surface area contributed by atoms with Gasteiger partial charge in [0.15, 0.2) is 5.76 Å². The van der Waals surface area contributed by atoms with Crippen molar-refractivity contribution in [2.45, 2.75) is 19.9 Å². The van der Waals surface area contributed by atoms with Gasteiger partial charge in [-0.15, -0.1) is 0 Å². The third-order valence-corrected chi connectivity index (χ3v) is 1.85. The number of rotatable bonds is 5. The smallest absolute Gasteiger partial charge is 0.150 e. The van der Waals surface area contributed by atoms with Gasteiger partial charge in [0.2, 0.25) is 0 Å². The summed E-state index contributed by atoms with van der Waals surface area (Å²) in [5.41, 5.74) is 6.34. The summed E-state index contributed by atoms with van der Waals surface area (Å²) in [4.78, 5) is 2.17. The highest BCUT2D eigenvalue weighted by molar-refractivity contribution is 5.02. The fraction of sp³-hybridized carbons (Fsp3) is 0.667. The average Bonchev–Trinajstić information content (AvgIpc) is 2.48. The highest BCUT2D eigenvalue weighted by Crippen LogP contribution is 2.04. The first kappa shape index (κ1) is 10.2. The zero-order chi connectivity index (χ0) is 9.68. The summed E-state index contributed by atoms with van der Waals surface area (Å²) in [5, 5.41) is 3.82. The van der Waals surface area contributed by atoms with Crippen LogP contribution in [-0.4, -0.2) is 30.2 Å². The second-order valence-electron chi connectivity index (χ2n) is 3.31. The second kappa shape index (κ2) is 4.99. The van der Waals surface area contributed by atoms with E-state index in [0.717, 1.165) is 37.5 Å². The van der Waals surface area contributed by atoms with E-state index in [1.807, 2.05) is 20.0 Å². The van der Waals surface area contributed by atoms with Crippen molar-refractivity contribution in [3.63, 3.8) is 0 Å². The van der Waals surface area contributed by atoms with Crippen LogP contribution >= 0.6 is 0 Å². The third-order valence-electron chi connectivity index (χ3n) is 1.85. The van der Waals surface area contributed by atoms with E-state index in [1.54, 1.807) is 0 Å². The molecular formula is C9H17N3O. The van der Waals surface area contributed by atoms with Crippen LogP contribution in [0.4, 0.5) is 0 Å². The topological polar surface area (TPSA) is 55.3 Å². The van der Waals surface area contributed by atoms with Crippen molar-refractivity contribution in [1.29, 1.82) is 0 Å². The van der Waals surface area contributed by atoms with E-state index in [4.69, 9.17) is 10.3 Å². The molecule has 1 aromatic rings. The molecule has 0 unspecified atom stereocenters. The normalized spacial score (nSPS) is 11.1. The van der Waals surface area contributed by atoms with Crippen LogP contribution in [0.2, 0.25) is 0 Å². The minimum Gasteiger partial charge on any atom is -0.360 e. The number of aromatic nitrogens is 1. The SMILES string of the molecule is Cc1cc(CN(C)CCCN)on1. The Kier molecular flexibility index (Phi) is 3.92. The molecule has 0 aliphatic rings. The number of nitrogens with zero attached hydrogens (tertiary/aromatic N) is 2. The summed E-state index contributed by atoms with van der Waals surface area (Å²) in [6.07, 6.45) is 1.02. The van der Waals surface area contributed by atoms with Crippen molar-refractivity contribution in [2.24, 2.45) is 5.73 Å². The highest BCUT2D eigenvalue weighted by atomic mass is 16.5. The van der Waals surface area contributed by atoms with Crippen LogP contribution in [0.3, 0.4) is 0 Å². The number of aryl methyl sites for hydroxylation is 1. The minimum absolute atomic E-state index is 0.736. The third kappa shape index (κ3) is 3.57. The van der Waals surface area contributed by atoms with E-state index < -0.39 is 0 Å². The van der Waals surface area contributed by atoms with Crippen LogP contribution in [0, 0.1) is 6.92 Å².